The summed E-state index contributed by atoms with van der Waals surface area (Å²) in [5.41, 5.74) is 6.41. The number of nitrogens with zero attached hydrogens (tertiary/aromatic N) is 4. The van der Waals surface area contributed by atoms with E-state index in [9.17, 15) is 4.79 Å². The molecule has 0 spiro atoms. The molecule has 1 N–H and O–H groups in total. The molecule has 0 radical (unpaired) electrons. The van der Waals surface area contributed by atoms with Gasteiger partial charge in [0.05, 0.1) is 22.0 Å². The second kappa shape index (κ2) is 11.3. The highest BCUT2D eigenvalue weighted by Gasteiger charge is 2.19. The Hall–Kier alpha value is -3.13. The molecule has 0 saturated carbocycles. The van der Waals surface area contributed by atoms with Gasteiger partial charge in [0.25, 0.3) is 5.91 Å². The second-order valence-electron chi connectivity index (χ2n) is 9.06. The maximum absolute atomic E-state index is 12.4. The number of hydrogen-bond donors (Lipinski definition) is 1. The molecule has 0 atom stereocenters. The van der Waals surface area contributed by atoms with Gasteiger partial charge in [-0.15, -0.1) is 10.2 Å². The summed E-state index contributed by atoms with van der Waals surface area (Å²) in [5, 5.41) is 14.3. The first-order valence-electron chi connectivity index (χ1n) is 11.2. The maximum Gasteiger partial charge on any atom is 0.250 e. The smallest absolute Gasteiger partial charge is 0.250 e. The van der Waals surface area contributed by atoms with Gasteiger partial charge >= 0.3 is 0 Å². The molecule has 0 aliphatic carbocycles. The van der Waals surface area contributed by atoms with E-state index in [0.717, 1.165) is 16.8 Å². The van der Waals surface area contributed by atoms with Crippen LogP contribution in [0.1, 0.15) is 31.9 Å². The third-order valence-electron chi connectivity index (χ3n) is 5.34. The minimum Gasteiger partial charge on any atom is -0.272 e. The lowest BCUT2D eigenvalue weighted by molar-refractivity contribution is -0.118. The molecule has 0 saturated heterocycles. The number of halogens is 2. The monoisotopic (exact) mass is 537 g/mol. The first-order valence-corrected chi connectivity index (χ1v) is 13.0. The average molecular weight is 539 g/mol. The van der Waals surface area contributed by atoms with Crippen molar-refractivity contribution in [3.05, 3.63) is 94.0 Å². The van der Waals surface area contributed by atoms with Crippen LogP contribution in [-0.2, 0) is 10.2 Å². The Morgan fingerprint density at radius 2 is 1.72 bits per heavy atom. The molecule has 1 aromatic heterocycles. The number of hydrazone groups is 1. The van der Waals surface area contributed by atoms with Gasteiger partial charge in [0.2, 0.25) is 0 Å². The average Bonchev–Trinajstić information content (AvgIpc) is 3.29. The van der Waals surface area contributed by atoms with Crippen LogP contribution >= 0.6 is 35.0 Å². The minimum absolute atomic E-state index is 0.0578. The molecule has 6 nitrogen and oxygen atoms in total. The molecule has 1 heterocycles. The zero-order chi connectivity index (χ0) is 25.7. The fourth-order valence-corrected chi connectivity index (χ4v) is 4.46. The van der Waals surface area contributed by atoms with Gasteiger partial charge in [-0.3, -0.25) is 9.36 Å². The summed E-state index contributed by atoms with van der Waals surface area (Å²) >= 11 is 13.2. The van der Waals surface area contributed by atoms with E-state index in [0.29, 0.717) is 21.0 Å². The summed E-state index contributed by atoms with van der Waals surface area (Å²) < 4.78 is 1.96. The molecule has 4 rings (SSSR count). The van der Waals surface area contributed by atoms with Crippen molar-refractivity contribution < 1.29 is 4.79 Å². The number of rotatable bonds is 7. The Morgan fingerprint density at radius 3 is 2.39 bits per heavy atom. The molecule has 0 aliphatic heterocycles. The number of carbonyl (C=O) groups excluding carboxylic acids is 1. The quantitative estimate of drug-likeness (QED) is 0.160. The first-order chi connectivity index (χ1) is 17.2. The van der Waals surface area contributed by atoms with Gasteiger partial charge in [-0.25, -0.2) is 5.43 Å². The number of carbonyl (C=O) groups is 1. The van der Waals surface area contributed by atoms with Gasteiger partial charge in [0.15, 0.2) is 11.0 Å². The third kappa shape index (κ3) is 6.35. The van der Waals surface area contributed by atoms with Crippen LogP contribution in [0.4, 0.5) is 0 Å². The molecule has 0 aliphatic rings. The summed E-state index contributed by atoms with van der Waals surface area (Å²) in [6, 6.07) is 23.3. The van der Waals surface area contributed by atoms with E-state index < -0.39 is 0 Å². The molecule has 0 unspecified atom stereocenters. The second-order valence-corrected chi connectivity index (χ2v) is 10.8. The van der Waals surface area contributed by atoms with Crippen LogP contribution in [0.15, 0.2) is 83.1 Å². The molecule has 184 valence electrons. The Morgan fingerprint density at radius 1 is 1.00 bits per heavy atom. The van der Waals surface area contributed by atoms with Crippen LogP contribution in [-0.4, -0.2) is 32.6 Å². The summed E-state index contributed by atoms with van der Waals surface area (Å²) in [6.45, 7) is 6.55. The van der Waals surface area contributed by atoms with Crippen LogP contribution in [0.3, 0.4) is 0 Å². The maximum atomic E-state index is 12.4. The number of nitrogens with one attached hydrogen (secondary N) is 1. The van der Waals surface area contributed by atoms with Crippen molar-refractivity contribution in [3.8, 4) is 17.1 Å². The molecule has 36 heavy (non-hydrogen) atoms. The highest BCUT2D eigenvalue weighted by Crippen LogP contribution is 2.30. The van der Waals surface area contributed by atoms with Gasteiger partial charge < -0.3 is 0 Å². The van der Waals surface area contributed by atoms with Gasteiger partial charge in [0, 0.05) is 11.3 Å². The molecular formula is C27H25Cl2N5OS. The number of aromatic nitrogens is 3. The summed E-state index contributed by atoms with van der Waals surface area (Å²) in [6.07, 6.45) is 1.51. The van der Waals surface area contributed by atoms with E-state index in [1.54, 1.807) is 18.2 Å². The summed E-state index contributed by atoms with van der Waals surface area (Å²) in [5.74, 6) is 0.560. The number of thioether (sulfide) groups is 1. The van der Waals surface area contributed by atoms with Crippen molar-refractivity contribution in [1.29, 1.82) is 0 Å². The Bertz CT molecular complexity index is 1380. The van der Waals surface area contributed by atoms with Crippen molar-refractivity contribution in [2.24, 2.45) is 5.10 Å². The molecule has 3 aromatic carbocycles. The van der Waals surface area contributed by atoms with Crippen LogP contribution in [0.5, 0.6) is 0 Å². The van der Waals surface area contributed by atoms with Crippen molar-refractivity contribution in [3.63, 3.8) is 0 Å². The molecule has 1 amide bonds. The Labute approximate surface area is 224 Å². The number of hydrogen-bond acceptors (Lipinski definition) is 5. The summed E-state index contributed by atoms with van der Waals surface area (Å²) in [4.78, 5) is 12.4. The molecule has 4 aromatic rings. The van der Waals surface area contributed by atoms with Crippen molar-refractivity contribution in [2.45, 2.75) is 31.3 Å². The van der Waals surface area contributed by atoms with Crippen molar-refractivity contribution in [2.75, 3.05) is 5.75 Å². The van der Waals surface area contributed by atoms with Crippen LogP contribution in [0.2, 0.25) is 10.0 Å². The predicted octanol–water partition coefficient (Wildman–Crippen LogP) is 6.78. The fraction of sp³-hybridized carbons (Fsp3) is 0.185. The molecule has 9 heteroatoms. The topological polar surface area (TPSA) is 72.2 Å². The Kier molecular flexibility index (Phi) is 8.14. The van der Waals surface area contributed by atoms with E-state index in [4.69, 9.17) is 23.2 Å². The standard InChI is InChI=1S/C27H25Cl2N5OS/c1-27(2,3)20-12-10-19(11-13-20)25-32-33-26(34(25)21-7-5-4-6-8-21)36-17-24(35)31-30-16-18-9-14-22(28)23(29)15-18/h4-16H,17H2,1-3H3,(H,31,35)/b30-16+. The zero-order valence-corrected chi connectivity index (χ0v) is 22.4. The van der Waals surface area contributed by atoms with Gasteiger partial charge in [0.1, 0.15) is 0 Å². The number of benzene rings is 3. The van der Waals surface area contributed by atoms with Crippen LogP contribution < -0.4 is 5.43 Å². The SMILES string of the molecule is CC(C)(C)c1ccc(-c2nnc(SCC(=O)N/N=C/c3ccc(Cl)c(Cl)c3)n2-c2ccccc2)cc1. The lowest BCUT2D eigenvalue weighted by Gasteiger charge is -2.19. The van der Waals surface area contributed by atoms with Crippen LogP contribution in [0.25, 0.3) is 17.1 Å². The van der Waals surface area contributed by atoms with E-state index in [1.807, 2.05) is 34.9 Å². The van der Waals surface area contributed by atoms with Gasteiger partial charge in [-0.1, -0.05) is 104 Å². The highest BCUT2D eigenvalue weighted by molar-refractivity contribution is 7.99. The van der Waals surface area contributed by atoms with Crippen LogP contribution in [0, 0.1) is 0 Å². The van der Waals surface area contributed by atoms with Gasteiger partial charge in [-0.05, 0) is 40.8 Å². The summed E-state index contributed by atoms with van der Waals surface area (Å²) in [7, 11) is 0. The predicted molar refractivity (Wildman–Crippen MR) is 148 cm³/mol. The van der Waals surface area contributed by atoms with Crippen molar-refractivity contribution >= 4 is 47.1 Å². The van der Waals surface area contributed by atoms with E-state index in [2.05, 4.69) is 65.8 Å². The molecule has 0 fully saturated rings. The largest absolute Gasteiger partial charge is 0.272 e. The lowest BCUT2D eigenvalue weighted by atomic mass is 9.87. The fourth-order valence-electron chi connectivity index (χ4n) is 3.41. The van der Waals surface area contributed by atoms with E-state index >= 15 is 0 Å². The van der Waals surface area contributed by atoms with Crippen molar-refractivity contribution in [1.82, 2.24) is 20.2 Å². The number of para-hydroxylation sites is 1. The molecule has 0 bridgehead atoms. The van der Waals surface area contributed by atoms with Gasteiger partial charge in [-0.2, -0.15) is 5.10 Å². The third-order valence-corrected chi connectivity index (χ3v) is 7.00. The molecular weight excluding hydrogens is 513 g/mol. The number of amides is 1. The highest BCUT2D eigenvalue weighted by atomic mass is 35.5. The Balaban J connectivity index is 1.51. The van der Waals surface area contributed by atoms with E-state index in [1.165, 1.54) is 23.5 Å². The lowest BCUT2D eigenvalue weighted by Crippen LogP contribution is -2.20. The minimum atomic E-state index is -0.269. The van der Waals surface area contributed by atoms with E-state index in [-0.39, 0.29) is 17.1 Å². The zero-order valence-electron chi connectivity index (χ0n) is 20.1. The normalized spacial score (nSPS) is 11.7. The first kappa shape index (κ1) is 25.9.